The average Bonchev–Trinajstić information content (AvgIpc) is 3.41. The quantitative estimate of drug-likeness (QED) is 0.459. The number of imidazole rings is 1. The Morgan fingerprint density at radius 3 is 2.43 bits per heavy atom. The monoisotopic (exact) mass is 489 g/mol. The fraction of sp³-hybridized carbons (Fsp3) is 0.320. The molecule has 0 amide bonds. The number of rotatable bonds is 9. The Morgan fingerprint density at radius 2 is 1.77 bits per heavy atom. The SMILES string of the molecule is N#Cc1ccc(S(=O)(=O)N2CCN(Cc3cc(NCCCn4ccnc4)ccc3C#N)CC2)cc1. The average molecular weight is 490 g/mol. The molecule has 180 valence electrons. The molecule has 1 aliphatic heterocycles. The van der Waals surface area contributed by atoms with E-state index in [1.54, 1.807) is 12.5 Å². The highest BCUT2D eigenvalue weighted by Crippen LogP contribution is 2.21. The molecule has 4 rings (SSSR count). The van der Waals surface area contributed by atoms with Crippen molar-refractivity contribution in [1.29, 1.82) is 10.5 Å². The van der Waals surface area contributed by atoms with E-state index in [1.165, 1.54) is 28.6 Å². The van der Waals surface area contributed by atoms with Crippen LogP contribution in [0.5, 0.6) is 0 Å². The number of nitriles is 2. The normalized spacial score (nSPS) is 14.8. The molecule has 35 heavy (non-hydrogen) atoms. The van der Waals surface area contributed by atoms with Crippen LogP contribution in [0.3, 0.4) is 0 Å². The lowest BCUT2D eigenvalue weighted by molar-refractivity contribution is 0.181. The molecule has 0 bridgehead atoms. The lowest BCUT2D eigenvalue weighted by Gasteiger charge is -2.34. The van der Waals surface area contributed by atoms with Crippen LogP contribution in [0.4, 0.5) is 5.69 Å². The predicted molar refractivity (Wildman–Crippen MR) is 132 cm³/mol. The van der Waals surface area contributed by atoms with E-state index in [9.17, 15) is 13.7 Å². The van der Waals surface area contributed by atoms with Gasteiger partial charge in [-0.25, -0.2) is 13.4 Å². The first kappa shape index (κ1) is 24.4. The molecule has 1 fully saturated rings. The molecule has 9 nitrogen and oxygen atoms in total. The summed E-state index contributed by atoms with van der Waals surface area (Å²) in [5.74, 6) is 0. The summed E-state index contributed by atoms with van der Waals surface area (Å²) in [6, 6.07) is 16.0. The van der Waals surface area contributed by atoms with Gasteiger partial charge in [0.05, 0.1) is 34.5 Å². The van der Waals surface area contributed by atoms with Crippen LogP contribution in [0.2, 0.25) is 0 Å². The molecule has 0 radical (unpaired) electrons. The van der Waals surface area contributed by atoms with Crippen molar-refractivity contribution in [3.8, 4) is 12.1 Å². The summed E-state index contributed by atoms with van der Waals surface area (Å²) in [5.41, 5.74) is 2.95. The minimum atomic E-state index is -3.60. The smallest absolute Gasteiger partial charge is 0.243 e. The summed E-state index contributed by atoms with van der Waals surface area (Å²) in [6.45, 7) is 4.15. The van der Waals surface area contributed by atoms with Gasteiger partial charge in [-0.15, -0.1) is 0 Å². The Kier molecular flexibility index (Phi) is 7.78. The maximum atomic E-state index is 13.0. The molecular formula is C25H27N7O2S. The highest BCUT2D eigenvalue weighted by Gasteiger charge is 2.28. The standard InChI is InChI=1S/C25H27N7O2S/c26-17-21-2-6-25(7-3-21)35(33,34)32-14-12-30(13-15-32)19-23-16-24(5-4-22(23)18-27)29-8-1-10-31-11-9-28-20-31/h2-7,9,11,16,20,29H,1,8,10,12-15,19H2. The fourth-order valence-corrected chi connectivity index (χ4v) is 5.50. The third kappa shape index (κ3) is 6.06. The van der Waals surface area contributed by atoms with Gasteiger partial charge in [0, 0.05) is 63.9 Å². The summed E-state index contributed by atoms with van der Waals surface area (Å²) < 4.78 is 29.4. The first-order chi connectivity index (χ1) is 17.0. The van der Waals surface area contributed by atoms with Gasteiger partial charge in [-0.3, -0.25) is 4.90 Å². The molecule has 3 aromatic rings. The Labute approximate surface area is 205 Å². The summed E-state index contributed by atoms with van der Waals surface area (Å²) in [6.07, 6.45) is 6.45. The molecule has 10 heteroatoms. The number of nitrogens with one attached hydrogen (secondary N) is 1. The zero-order valence-electron chi connectivity index (χ0n) is 19.3. The van der Waals surface area contributed by atoms with Crippen molar-refractivity contribution in [3.05, 3.63) is 77.9 Å². The molecule has 2 aromatic carbocycles. The molecule has 1 aromatic heterocycles. The van der Waals surface area contributed by atoms with Gasteiger partial charge >= 0.3 is 0 Å². The highest BCUT2D eigenvalue weighted by molar-refractivity contribution is 7.89. The van der Waals surface area contributed by atoms with Gasteiger partial charge in [-0.2, -0.15) is 14.8 Å². The van der Waals surface area contributed by atoms with Crippen molar-refractivity contribution in [1.82, 2.24) is 18.8 Å². The van der Waals surface area contributed by atoms with Crippen molar-refractivity contribution >= 4 is 15.7 Å². The fourth-order valence-electron chi connectivity index (χ4n) is 4.08. The van der Waals surface area contributed by atoms with Crippen molar-refractivity contribution in [2.45, 2.75) is 24.4 Å². The number of aryl methyl sites for hydroxylation is 1. The molecular weight excluding hydrogens is 462 g/mol. The summed E-state index contributed by atoms with van der Waals surface area (Å²) in [7, 11) is -3.60. The van der Waals surface area contributed by atoms with E-state index in [4.69, 9.17) is 5.26 Å². The first-order valence-electron chi connectivity index (χ1n) is 11.4. The number of piperazine rings is 1. The van der Waals surface area contributed by atoms with Crippen LogP contribution < -0.4 is 5.32 Å². The predicted octanol–water partition coefficient (Wildman–Crippen LogP) is 2.64. The topological polar surface area (TPSA) is 118 Å². The lowest BCUT2D eigenvalue weighted by Crippen LogP contribution is -2.48. The van der Waals surface area contributed by atoms with E-state index >= 15 is 0 Å². The van der Waals surface area contributed by atoms with E-state index in [-0.39, 0.29) is 4.90 Å². The van der Waals surface area contributed by atoms with Gasteiger partial charge in [-0.05, 0) is 54.4 Å². The maximum absolute atomic E-state index is 13.0. The van der Waals surface area contributed by atoms with Crippen molar-refractivity contribution in [2.24, 2.45) is 0 Å². The van der Waals surface area contributed by atoms with Crippen LogP contribution in [-0.2, 0) is 23.1 Å². The second kappa shape index (κ2) is 11.2. The van der Waals surface area contributed by atoms with Gasteiger partial charge in [0.1, 0.15) is 0 Å². The van der Waals surface area contributed by atoms with Crippen LogP contribution in [0.15, 0.2) is 66.1 Å². The van der Waals surface area contributed by atoms with Gasteiger partial charge in [0.2, 0.25) is 10.0 Å². The third-order valence-electron chi connectivity index (χ3n) is 6.05. The van der Waals surface area contributed by atoms with Gasteiger partial charge in [-0.1, -0.05) is 0 Å². The van der Waals surface area contributed by atoms with Crippen LogP contribution in [0.1, 0.15) is 23.1 Å². The van der Waals surface area contributed by atoms with Crippen LogP contribution in [0, 0.1) is 22.7 Å². The minimum absolute atomic E-state index is 0.198. The Balaban J connectivity index is 1.33. The number of benzene rings is 2. The molecule has 2 heterocycles. The Bertz CT molecular complexity index is 1320. The lowest BCUT2D eigenvalue weighted by atomic mass is 10.1. The molecule has 1 saturated heterocycles. The number of hydrogen-bond donors (Lipinski definition) is 1. The third-order valence-corrected chi connectivity index (χ3v) is 7.97. The molecule has 0 unspecified atom stereocenters. The number of nitrogens with zero attached hydrogens (tertiary/aromatic N) is 6. The summed E-state index contributed by atoms with van der Waals surface area (Å²) in [4.78, 5) is 6.41. The van der Waals surface area contributed by atoms with Crippen LogP contribution in [-0.4, -0.2) is 59.9 Å². The number of hydrogen-bond acceptors (Lipinski definition) is 7. The zero-order valence-corrected chi connectivity index (χ0v) is 20.2. The largest absolute Gasteiger partial charge is 0.385 e. The Hall–Kier alpha value is -3.70. The van der Waals surface area contributed by atoms with Gasteiger partial charge < -0.3 is 9.88 Å². The summed E-state index contributed by atoms with van der Waals surface area (Å²) in [5, 5.41) is 21.9. The summed E-state index contributed by atoms with van der Waals surface area (Å²) >= 11 is 0. The van der Waals surface area contributed by atoms with Crippen molar-refractivity contribution in [2.75, 3.05) is 38.0 Å². The Morgan fingerprint density at radius 1 is 1.00 bits per heavy atom. The van der Waals surface area contributed by atoms with E-state index < -0.39 is 10.0 Å². The molecule has 0 atom stereocenters. The van der Waals surface area contributed by atoms with E-state index in [2.05, 4.69) is 21.3 Å². The second-order valence-electron chi connectivity index (χ2n) is 8.38. The first-order valence-corrected chi connectivity index (χ1v) is 12.9. The molecule has 1 aliphatic rings. The number of sulfonamides is 1. The second-order valence-corrected chi connectivity index (χ2v) is 10.3. The number of aromatic nitrogens is 2. The van der Waals surface area contributed by atoms with Crippen molar-refractivity contribution in [3.63, 3.8) is 0 Å². The van der Waals surface area contributed by atoms with Crippen LogP contribution >= 0.6 is 0 Å². The minimum Gasteiger partial charge on any atom is -0.385 e. The van der Waals surface area contributed by atoms with E-state index in [0.29, 0.717) is 43.9 Å². The highest BCUT2D eigenvalue weighted by atomic mass is 32.2. The molecule has 1 N–H and O–H groups in total. The molecule has 0 saturated carbocycles. The van der Waals surface area contributed by atoms with Crippen molar-refractivity contribution < 1.29 is 8.42 Å². The molecule has 0 aliphatic carbocycles. The maximum Gasteiger partial charge on any atom is 0.243 e. The number of anilines is 1. The van der Waals surface area contributed by atoms with E-state index in [0.717, 1.165) is 30.8 Å². The zero-order chi connectivity index (χ0) is 24.7. The van der Waals surface area contributed by atoms with Gasteiger partial charge in [0.15, 0.2) is 0 Å². The van der Waals surface area contributed by atoms with Gasteiger partial charge in [0.25, 0.3) is 0 Å². The molecule has 0 spiro atoms. The van der Waals surface area contributed by atoms with Crippen LogP contribution in [0.25, 0.3) is 0 Å². The van der Waals surface area contributed by atoms with E-state index in [1.807, 2.05) is 35.0 Å².